The Labute approximate surface area is 172 Å². The first-order valence-corrected chi connectivity index (χ1v) is 9.70. The van der Waals surface area contributed by atoms with E-state index < -0.39 is 17.7 Å². The number of nitrogens with zero attached hydrogens (tertiary/aromatic N) is 3. The van der Waals surface area contributed by atoms with Crippen LogP contribution in [0.1, 0.15) is 22.7 Å². The topological polar surface area (TPSA) is 73.7 Å². The molecule has 0 radical (unpaired) electrons. The average molecular weight is 444 g/mol. The summed E-state index contributed by atoms with van der Waals surface area (Å²) in [5, 5.41) is 11.0. The number of hydrogen-bond acceptors (Lipinski definition) is 5. The number of aliphatic hydroxyl groups excluding tert-OH is 1. The molecule has 0 spiro atoms. The maximum Gasteiger partial charge on any atom is 0.295 e. The second-order valence-corrected chi connectivity index (χ2v) is 7.90. The lowest BCUT2D eigenvalue weighted by Gasteiger charge is -2.26. The van der Waals surface area contributed by atoms with Crippen molar-refractivity contribution in [2.75, 3.05) is 27.2 Å². The van der Waals surface area contributed by atoms with E-state index in [0.29, 0.717) is 24.2 Å². The fourth-order valence-corrected chi connectivity index (χ4v) is 3.50. The van der Waals surface area contributed by atoms with Crippen molar-refractivity contribution in [3.05, 3.63) is 69.5 Å². The van der Waals surface area contributed by atoms with Crippen molar-refractivity contribution in [1.82, 2.24) is 14.8 Å². The molecule has 0 bridgehead atoms. The van der Waals surface area contributed by atoms with Gasteiger partial charge in [-0.25, -0.2) is 0 Å². The lowest BCUT2D eigenvalue weighted by molar-refractivity contribution is -0.140. The molecular weight excluding hydrogens is 422 g/mol. The van der Waals surface area contributed by atoms with Crippen LogP contribution in [0.4, 0.5) is 0 Å². The standard InChI is InChI=1S/C21H22BrN3O3/c1-13-11-14(6-7-16(13)22)19(26)17-18(15-5-4-8-23-12-15)25(10-9-24(2)3)21(28)20(17)27/h4-8,11-12,18,26H,9-10H2,1-3H3/b19-17-. The molecule has 1 aromatic heterocycles. The van der Waals surface area contributed by atoms with Gasteiger partial charge in [0.25, 0.3) is 11.7 Å². The van der Waals surface area contributed by atoms with E-state index >= 15 is 0 Å². The van der Waals surface area contributed by atoms with Crippen LogP contribution in [0.15, 0.2) is 52.8 Å². The van der Waals surface area contributed by atoms with Crippen molar-refractivity contribution >= 4 is 33.4 Å². The van der Waals surface area contributed by atoms with Gasteiger partial charge in [-0.05, 0) is 50.3 Å². The summed E-state index contributed by atoms with van der Waals surface area (Å²) in [6.45, 7) is 2.86. The van der Waals surface area contributed by atoms with Crippen LogP contribution in [0.5, 0.6) is 0 Å². The zero-order chi connectivity index (χ0) is 20.4. The van der Waals surface area contributed by atoms with Crippen LogP contribution in [-0.2, 0) is 9.59 Å². The highest BCUT2D eigenvalue weighted by atomic mass is 79.9. The number of likely N-dealkylation sites (N-methyl/N-ethyl adjacent to an activating group) is 1. The Hall–Kier alpha value is -2.51. The Morgan fingerprint density at radius 1 is 1.29 bits per heavy atom. The third kappa shape index (κ3) is 3.86. The number of aliphatic hydroxyl groups is 1. The maximum absolute atomic E-state index is 12.9. The highest BCUT2D eigenvalue weighted by molar-refractivity contribution is 9.10. The van der Waals surface area contributed by atoms with Gasteiger partial charge in [-0.1, -0.05) is 28.1 Å². The third-order valence-electron chi connectivity index (χ3n) is 4.76. The van der Waals surface area contributed by atoms with Crippen LogP contribution in [-0.4, -0.2) is 58.8 Å². The summed E-state index contributed by atoms with van der Waals surface area (Å²) in [7, 11) is 3.81. The fraction of sp³-hybridized carbons (Fsp3) is 0.286. The van der Waals surface area contributed by atoms with Crippen LogP contribution >= 0.6 is 15.9 Å². The van der Waals surface area contributed by atoms with E-state index in [2.05, 4.69) is 20.9 Å². The molecule has 1 atom stereocenters. The van der Waals surface area contributed by atoms with Crippen LogP contribution < -0.4 is 0 Å². The molecular formula is C21H22BrN3O3. The molecule has 1 saturated heterocycles. The number of halogens is 1. The molecule has 2 aromatic rings. The predicted molar refractivity (Wildman–Crippen MR) is 111 cm³/mol. The van der Waals surface area contributed by atoms with Gasteiger partial charge in [0.2, 0.25) is 0 Å². The van der Waals surface area contributed by atoms with Gasteiger partial charge >= 0.3 is 0 Å². The minimum absolute atomic E-state index is 0.0958. The molecule has 0 saturated carbocycles. The molecule has 1 unspecified atom stereocenters. The number of carbonyl (C=O) groups is 2. The average Bonchev–Trinajstić information content (AvgIpc) is 2.93. The van der Waals surface area contributed by atoms with Crippen molar-refractivity contribution in [3.8, 4) is 0 Å². The summed E-state index contributed by atoms with van der Waals surface area (Å²) in [6.07, 6.45) is 3.26. The fourth-order valence-electron chi connectivity index (χ4n) is 3.25. The van der Waals surface area contributed by atoms with Crippen LogP contribution in [0.3, 0.4) is 0 Å². The lowest BCUT2D eigenvalue weighted by atomic mass is 9.96. The van der Waals surface area contributed by atoms with Gasteiger partial charge in [0.15, 0.2) is 0 Å². The van der Waals surface area contributed by atoms with Crippen molar-refractivity contribution in [3.63, 3.8) is 0 Å². The molecule has 1 aromatic carbocycles. The zero-order valence-electron chi connectivity index (χ0n) is 16.0. The second kappa shape index (κ2) is 8.24. The smallest absolute Gasteiger partial charge is 0.295 e. The third-order valence-corrected chi connectivity index (χ3v) is 5.65. The summed E-state index contributed by atoms with van der Waals surface area (Å²) in [5.41, 5.74) is 2.21. The first kappa shape index (κ1) is 20.2. The van der Waals surface area contributed by atoms with Gasteiger partial charge in [-0.15, -0.1) is 0 Å². The number of carbonyl (C=O) groups excluding carboxylic acids is 2. The molecule has 1 amide bonds. The van der Waals surface area contributed by atoms with E-state index in [1.165, 1.54) is 4.90 Å². The summed E-state index contributed by atoms with van der Waals surface area (Å²) in [5.74, 6) is -1.45. The highest BCUT2D eigenvalue weighted by Crippen LogP contribution is 2.39. The number of Topliss-reactive ketones (excluding diaryl/α,β-unsaturated/α-hetero) is 1. The second-order valence-electron chi connectivity index (χ2n) is 7.05. The van der Waals surface area contributed by atoms with Gasteiger partial charge in [-0.3, -0.25) is 14.6 Å². The highest BCUT2D eigenvalue weighted by Gasteiger charge is 2.46. The predicted octanol–water partition coefficient (Wildman–Crippen LogP) is 3.14. The molecule has 0 aliphatic carbocycles. The summed E-state index contributed by atoms with van der Waals surface area (Å²) >= 11 is 3.44. The van der Waals surface area contributed by atoms with Crippen molar-refractivity contribution in [2.45, 2.75) is 13.0 Å². The number of hydrogen-bond donors (Lipinski definition) is 1. The molecule has 3 rings (SSSR count). The molecule has 7 heteroatoms. The molecule has 1 aliphatic rings. The largest absolute Gasteiger partial charge is 0.507 e. The van der Waals surface area contributed by atoms with Crippen LogP contribution in [0.25, 0.3) is 5.76 Å². The normalized spacial score (nSPS) is 18.9. The number of ketones is 1. The quantitative estimate of drug-likeness (QED) is 0.436. The number of pyridine rings is 1. The molecule has 1 aliphatic heterocycles. The van der Waals surface area contributed by atoms with E-state index in [1.807, 2.05) is 38.1 Å². The van der Waals surface area contributed by atoms with Crippen molar-refractivity contribution in [2.24, 2.45) is 0 Å². The number of aromatic nitrogens is 1. The number of amides is 1. The van der Waals surface area contributed by atoms with Gasteiger partial charge in [0.1, 0.15) is 5.76 Å². The number of likely N-dealkylation sites (tertiary alicyclic amines) is 1. The Morgan fingerprint density at radius 2 is 2.04 bits per heavy atom. The van der Waals surface area contributed by atoms with Crippen LogP contribution in [0.2, 0.25) is 0 Å². The molecule has 2 heterocycles. The summed E-state index contributed by atoms with van der Waals surface area (Å²) < 4.78 is 0.902. The first-order valence-electron chi connectivity index (χ1n) is 8.91. The zero-order valence-corrected chi connectivity index (χ0v) is 17.6. The number of aryl methyl sites for hydroxylation is 1. The Kier molecular flexibility index (Phi) is 5.96. The Balaban J connectivity index is 2.14. The molecule has 146 valence electrons. The lowest BCUT2D eigenvalue weighted by Crippen LogP contribution is -2.35. The van der Waals surface area contributed by atoms with Gasteiger partial charge in [0.05, 0.1) is 11.6 Å². The Bertz CT molecular complexity index is 941. The molecule has 28 heavy (non-hydrogen) atoms. The number of benzene rings is 1. The van der Waals surface area contributed by atoms with Gasteiger partial charge < -0.3 is 14.9 Å². The monoisotopic (exact) mass is 443 g/mol. The summed E-state index contributed by atoms with van der Waals surface area (Å²) in [6, 6.07) is 8.22. The summed E-state index contributed by atoms with van der Waals surface area (Å²) in [4.78, 5) is 33.2. The van der Waals surface area contributed by atoms with E-state index in [9.17, 15) is 14.7 Å². The minimum Gasteiger partial charge on any atom is -0.507 e. The Morgan fingerprint density at radius 3 is 2.64 bits per heavy atom. The van der Waals surface area contributed by atoms with E-state index in [0.717, 1.165) is 10.0 Å². The SMILES string of the molecule is Cc1cc(/C(O)=C2/C(=O)C(=O)N(CCN(C)C)C2c2cccnc2)ccc1Br. The van der Waals surface area contributed by atoms with Crippen molar-refractivity contribution < 1.29 is 14.7 Å². The molecule has 6 nitrogen and oxygen atoms in total. The van der Waals surface area contributed by atoms with Crippen molar-refractivity contribution in [1.29, 1.82) is 0 Å². The van der Waals surface area contributed by atoms with E-state index in [4.69, 9.17) is 0 Å². The van der Waals surface area contributed by atoms with Gasteiger partial charge in [-0.2, -0.15) is 0 Å². The molecule has 1 N–H and O–H groups in total. The number of rotatable bonds is 5. The minimum atomic E-state index is -0.675. The first-order chi connectivity index (χ1) is 13.3. The molecule has 1 fully saturated rings. The van der Waals surface area contributed by atoms with Gasteiger partial charge in [0, 0.05) is 35.5 Å². The van der Waals surface area contributed by atoms with E-state index in [-0.39, 0.29) is 11.3 Å². The maximum atomic E-state index is 12.9. The van der Waals surface area contributed by atoms with Crippen LogP contribution in [0, 0.1) is 6.92 Å². The van der Waals surface area contributed by atoms with E-state index in [1.54, 1.807) is 30.6 Å².